The quantitative estimate of drug-likeness (QED) is 0.661. The number of hydrogen-bond acceptors (Lipinski definition) is 4. The monoisotopic (exact) mass is 227 g/mol. The van der Waals surface area contributed by atoms with Crippen molar-refractivity contribution in [2.45, 2.75) is 12.8 Å². The predicted octanol–water partition coefficient (Wildman–Crippen LogP) is 0.400. The van der Waals surface area contributed by atoms with Crippen LogP contribution in [0.5, 0.6) is 0 Å². The van der Waals surface area contributed by atoms with Gasteiger partial charge in [-0.05, 0) is 6.42 Å². The van der Waals surface area contributed by atoms with Crippen LogP contribution in [0.2, 0.25) is 0 Å². The van der Waals surface area contributed by atoms with E-state index in [2.05, 4.69) is 19.9 Å². The van der Waals surface area contributed by atoms with Gasteiger partial charge in [0, 0.05) is 12.3 Å². The molecule has 15 heavy (non-hydrogen) atoms. The SMILES string of the molecule is Nc1nc2nc(CCCCl)[nH]c2c(=O)[nH]1. The summed E-state index contributed by atoms with van der Waals surface area (Å²) in [5.41, 5.74) is 5.79. The molecule has 0 radical (unpaired) electrons. The van der Waals surface area contributed by atoms with Crippen molar-refractivity contribution in [2.75, 3.05) is 11.6 Å². The number of fused-ring (bicyclic) bond motifs is 1. The highest BCUT2D eigenvalue weighted by Crippen LogP contribution is 2.06. The maximum atomic E-state index is 11.4. The van der Waals surface area contributed by atoms with Crippen LogP contribution < -0.4 is 11.3 Å². The molecule has 0 saturated heterocycles. The molecular formula is C8H10ClN5O. The minimum absolute atomic E-state index is 0.0721. The summed E-state index contributed by atoms with van der Waals surface area (Å²) in [5, 5.41) is 0. The third kappa shape index (κ3) is 1.94. The fourth-order valence-electron chi connectivity index (χ4n) is 1.32. The Labute approximate surface area is 89.9 Å². The lowest BCUT2D eigenvalue weighted by atomic mass is 10.3. The van der Waals surface area contributed by atoms with Crippen LogP contribution in [0, 0.1) is 0 Å². The molecule has 0 aliphatic heterocycles. The number of hydrogen-bond donors (Lipinski definition) is 3. The minimum atomic E-state index is -0.304. The molecule has 80 valence electrons. The molecule has 0 amide bonds. The molecule has 0 aromatic carbocycles. The fourth-order valence-corrected chi connectivity index (χ4v) is 1.46. The highest BCUT2D eigenvalue weighted by atomic mass is 35.5. The topological polar surface area (TPSA) is 100 Å². The van der Waals surface area contributed by atoms with Crippen LogP contribution in [-0.2, 0) is 6.42 Å². The van der Waals surface area contributed by atoms with Gasteiger partial charge in [-0.3, -0.25) is 9.78 Å². The summed E-state index contributed by atoms with van der Waals surface area (Å²) in [6.45, 7) is 0. The molecule has 7 heteroatoms. The summed E-state index contributed by atoms with van der Waals surface area (Å²) < 4.78 is 0. The number of anilines is 1. The number of imidazole rings is 1. The Kier molecular flexibility index (Phi) is 2.59. The number of nitrogen functional groups attached to an aromatic ring is 1. The molecule has 2 heterocycles. The number of aromatic amines is 2. The Morgan fingerprint density at radius 3 is 2.87 bits per heavy atom. The molecule has 2 aromatic heterocycles. The Hall–Kier alpha value is -1.56. The van der Waals surface area contributed by atoms with E-state index in [1.165, 1.54) is 0 Å². The molecule has 6 nitrogen and oxygen atoms in total. The number of H-pyrrole nitrogens is 2. The average Bonchev–Trinajstić information content (AvgIpc) is 2.57. The van der Waals surface area contributed by atoms with E-state index in [1.807, 2.05) is 0 Å². The molecule has 0 unspecified atom stereocenters. The van der Waals surface area contributed by atoms with Gasteiger partial charge in [-0.2, -0.15) is 4.98 Å². The molecular weight excluding hydrogens is 218 g/mol. The maximum absolute atomic E-state index is 11.4. The number of alkyl halides is 1. The molecule has 0 aliphatic rings. The molecule has 0 atom stereocenters. The average molecular weight is 228 g/mol. The summed E-state index contributed by atoms with van der Waals surface area (Å²) >= 11 is 5.56. The van der Waals surface area contributed by atoms with Crippen molar-refractivity contribution in [1.29, 1.82) is 0 Å². The Bertz CT molecular complexity index is 531. The number of aromatic nitrogens is 4. The predicted molar refractivity (Wildman–Crippen MR) is 58.0 cm³/mol. The van der Waals surface area contributed by atoms with E-state index < -0.39 is 0 Å². The van der Waals surface area contributed by atoms with Crippen molar-refractivity contribution in [3.63, 3.8) is 0 Å². The van der Waals surface area contributed by atoms with Crippen molar-refractivity contribution < 1.29 is 0 Å². The second-order valence-corrected chi connectivity index (χ2v) is 3.50. The second kappa shape index (κ2) is 3.90. The Morgan fingerprint density at radius 2 is 2.13 bits per heavy atom. The highest BCUT2D eigenvalue weighted by Gasteiger charge is 2.07. The van der Waals surface area contributed by atoms with Gasteiger partial charge in [0.05, 0.1) is 0 Å². The first-order valence-corrected chi connectivity index (χ1v) is 5.04. The smallest absolute Gasteiger partial charge is 0.278 e. The van der Waals surface area contributed by atoms with Crippen LogP contribution in [0.15, 0.2) is 4.79 Å². The first kappa shape index (κ1) is 9.97. The molecule has 0 saturated carbocycles. The summed E-state index contributed by atoms with van der Waals surface area (Å²) in [6, 6.07) is 0. The van der Waals surface area contributed by atoms with Crippen LogP contribution in [0.25, 0.3) is 11.2 Å². The third-order valence-electron chi connectivity index (χ3n) is 1.98. The number of aryl methyl sites for hydroxylation is 1. The summed E-state index contributed by atoms with van der Waals surface area (Å²) in [7, 11) is 0. The second-order valence-electron chi connectivity index (χ2n) is 3.13. The van der Waals surface area contributed by atoms with E-state index >= 15 is 0 Å². The fraction of sp³-hybridized carbons (Fsp3) is 0.375. The number of nitrogens with zero attached hydrogens (tertiary/aromatic N) is 2. The molecule has 0 bridgehead atoms. The largest absolute Gasteiger partial charge is 0.369 e. The molecule has 0 fully saturated rings. The normalized spacial score (nSPS) is 11.0. The zero-order valence-electron chi connectivity index (χ0n) is 7.88. The Morgan fingerprint density at radius 1 is 1.33 bits per heavy atom. The van der Waals surface area contributed by atoms with Crippen LogP contribution in [0.1, 0.15) is 12.2 Å². The minimum Gasteiger partial charge on any atom is -0.369 e. The van der Waals surface area contributed by atoms with Gasteiger partial charge in [0.2, 0.25) is 5.95 Å². The summed E-state index contributed by atoms with van der Waals surface area (Å²) in [4.78, 5) is 24.8. The van der Waals surface area contributed by atoms with E-state index in [-0.39, 0.29) is 11.5 Å². The van der Waals surface area contributed by atoms with E-state index in [0.717, 1.165) is 6.42 Å². The molecule has 2 aromatic rings. The van der Waals surface area contributed by atoms with Crippen molar-refractivity contribution in [3.8, 4) is 0 Å². The van der Waals surface area contributed by atoms with Gasteiger partial charge in [0.1, 0.15) is 5.82 Å². The lowest BCUT2D eigenvalue weighted by molar-refractivity contribution is 0.865. The summed E-state index contributed by atoms with van der Waals surface area (Å²) in [5.74, 6) is 1.33. The van der Waals surface area contributed by atoms with Crippen molar-refractivity contribution in [3.05, 3.63) is 16.2 Å². The van der Waals surface area contributed by atoms with Crippen LogP contribution in [0.3, 0.4) is 0 Å². The van der Waals surface area contributed by atoms with E-state index in [9.17, 15) is 4.79 Å². The first-order chi connectivity index (χ1) is 7.20. The van der Waals surface area contributed by atoms with Gasteiger partial charge < -0.3 is 10.7 Å². The molecule has 0 spiro atoms. The maximum Gasteiger partial charge on any atom is 0.278 e. The standard InChI is InChI=1S/C8H10ClN5O/c9-3-1-2-4-11-5-6(12-4)13-8(10)14-7(5)15/h1-3H2,(H4,10,11,12,13,14,15). The highest BCUT2D eigenvalue weighted by molar-refractivity contribution is 6.17. The van der Waals surface area contributed by atoms with Gasteiger partial charge in [-0.15, -0.1) is 11.6 Å². The lowest BCUT2D eigenvalue weighted by Crippen LogP contribution is -2.10. The van der Waals surface area contributed by atoms with E-state index in [4.69, 9.17) is 17.3 Å². The first-order valence-electron chi connectivity index (χ1n) is 4.51. The zero-order chi connectivity index (χ0) is 10.8. The van der Waals surface area contributed by atoms with Gasteiger partial charge in [-0.25, -0.2) is 4.98 Å². The van der Waals surface area contributed by atoms with Crippen molar-refractivity contribution >= 4 is 28.7 Å². The molecule has 4 N–H and O–H groups in total. The number of nitrogens with two attached hydrogens (primary N) is 1. The molecule has 2 rings (SSSR count). The van der Waals surface area contributed by atoms with Crippen molar-refractivity contribution in [2.24, 2.45) is 0 Å². The van der Waals surface area contributed by atoms with Crippen molar-refractivity contribution in [1.82, 2.24) is 19.9 Å². The van der Waals surface area contributed by atoms with E-state index in [0.29, 0.717) is 29.3 Å². The zero-order valence-corrected chi connectivity index (χ0v) is 8.64. The van der Waals surface area contributed by atoms with Gasteiger partial charge in [0.25, 0.3) is 5.56 Å². The number of rotatable bonds is 3. The number of nitrogens with one attached hydrogen (secondary N) is 2. The van der Waals surface area contributed by atoms with E-state index in [1.54, 1.807) is 0 Å². The van der Waals surface area contributed by atoms with Gasteiger partial charge in [-0.1, -0.05) is 0 Å². The van der Waals surface area contributed by atoms with Crippen LogP contribution >= 0.6 is 11.6 Å². The summed E-state index contributed by atoms with van der Waals surface area (Å²) in [6.07, 6.45) is 1.49. The van der Waals surface area contributed by atoms with Crippen LogP contribution in [-0.4, -0.2) is 25.8 Å². The lowest BCUT2D eigenvalue weighted by Gasteiger charge is -1.89. The van der Waals surface area contributed by atoms with Crippen LogP contribution in [0.4, 0.5) is 5.95 Å². The molecule has 0 aliphatic carbocycles. The Balaban J connectivity index is 2.46. The number of halogens is 1. The third-order valence-corrected chi connectivity index (χ3v) is 2.24. The van der Waals surface area contributed by atoms with Gasteiger partial charge >= 0.3 is 0 Å². The van der Waals surface area contributed by atoms with Gasteiger partial charge in [0.15, 0.2) is 11.2 Å².